The molecule has 1 rings (SSSR count). The molecule has 2 N–H and O–H groups in total. The van der Waals surface area contributed by atoms with Crippen LogP contribution in [0.25, 0.3) is 6.08 Å². The number of carbonyl (C=O) groups excluding carboxylic acids is 3. The minimum Gasteiger partial charge on any atom is -0.452 e. The van der Waals surface area contributed by atoms with Crippen molar-refractivity contribution in [3.05, 3.63) is 39.9 Å². The number of rotatable bonds is 7. The molecule has 1 aromatic carbocycles. The van der Waals surface area contributed by atoms with Gasteiger partial charge in [-0.15, -0.1) is 0 Å². The lowest BCUT2D eigenvalue weighted by atomic mass is 10.1. The first-order chi connectivity index (χ1) is 11.3. The topological polar surface area (TPSA) is 84.5 Å². The highest BCUT2D eigenvalue weighted by Gasteiger charge is 2.15. The lowest BCUT2D eigenvalue weighted by molar-refractivity contribution is -0.144. The molecule has 0 aliphatic heterocycles. The summed E-state index contributed by atoms with van der Waals surface area (Å²) in [5.41, 5.74) is 1.92. The maximum absolute atomic E-state index is 11.6. The Morgan fingerprint density at radius 3 is 2.67 bits per heavy atom. The SMILES string of the molecule is CCNC(=O)[C@@H](C)NC(=O)COC(=O)/C=C/c1ccc(C)cc1Br. The first-order valence-electron chi connectivity index (χ1n) is 7.51. The molecule has 0 aromatic heterocycles. The normalized spacial score (nSPS) is 11.8. The number of ether oxygens (including phenoxy) is 1. The van der Waals surface area contributed by atoms with Crippen LogP contribution in [0.4, 0.5) is 0 Å². The van der Waals surface area contributed by atoms with Gasteiger partial charge in [-0.1, -0.05) is 28.1 Å². The number of aryl methyl sites for hydroxylation is 1. The first kappa shape index (κ1) is 19.9. The molecular weight excluding hydrogens is 376 g/mol. The molecule has 0 saturated heterocycles. The van der Waals surface area contributed by atoms with E-state index in [4.69, 9.17) is 4.74 Å². The van der Waals surface area contributed by atoms with E-state index in [1.165, 1.54) is 6.08 Å². The molecule has 0 fully saturated rings. The molecule has 0 bridgehead atoms. The summed E-state index contributed by atoms with van der Waals surface area (Å²) in [5, 5.41) is 5.04. The fourth-order valence-electron chi connectivity index (χ4n) is 1.79. The smallest absolute Gasteiger partial charge is 0.331 e. The molecule has 130 valence electrons. The van der Waals surface area contributed by atoms with Gasteiger partial charge in [0.15, 0.2) is 6.61 Å². The summed E-state index contributed by atoms with van der Waals surface area (Å²) < 4.78 is 5.71. The summed E-state index contributed by atoms with van der Waals surface area (Å²) in [5.74, 6) is -1.46. The fraction of sp³-hybridized carbons (Fsp3) is 0.353. The van der Waals surface area contributed by atoms with Crippen LogP contribution in [0, 0.1) is 6.92 Å². The molecule has 1 aromatic rings. The average Bonchev–Trinajstić information content (AvgIpc) is 2.52. The summed E-state index contributed by atoms with van der Waals surface area (Å²) in [6.45, 7) is 5.34. The van der Waals surface area contributed by atoms with Crippen molar-refractivity contribution in [1.82, 2.24) is 10.6 Å². The van der Waals surface area contributed by atoms with Gasteiger partial charge in [0, 0.05) is 17.1 Å². The van der Waals surface area contributed by atoms with Crippen LogP contribution in [0.1, 0.15) is 25.0 Å². The van der Waals surface area contributed by atoms with Crippen LogP contribution in [0.15, 0.2) is 28.7 Å². The van der Waals surface area contributed by atoms with Crippen molar-refractivity contribution in [2.45, 2.75) is 26.8 Å². The zero-order valence-electron chi connectivity index (χ0n) is 13.9. The molecule has 1 atom stereocenters. The van der Waals surface area contributed by atoms with E-state index in [9.17, 15) is 14.4 Å². The predicted octanol–water partition coefficient (Wildman–Crippen LogP) is 1.95. The Balaban J connectivity index is 2.44. The number of hydrogen-bond acceptors (Lipinski definition) is 4. The Labute approximate surface area is 149 Å². The third kappa shape index (κ3) is 6.95. The number of esters is 1. The van der Waals surface area contributed by atoms with Gasteiger partial charge in [-0.3, -0.25) is 9.59 Å². The van der Waals surface area contributed by atoms with E-state index < -0.39 is 24.5 Å². The van der Waals surface area contributed by atoms with Crippen molar-refractivity contribution in [1.29, 1.82) is 0 Å². The second kappa shape index (κ2) is 9.87. The average molecular weight is 397 g/mol. The lowest BCUT2D eigenvalue weighted by Gasteiger charge is -2.12. The molecule has 7 heteroatoms. The summed E-state index contributed by atoms with van der Waals surface area (Å²) in [6, 6.07) is 5.03. The van der Waals surface area contributed by atoms with E-state index in [1.807, 2.05) is 25.1 Å². The number of carbonyl (C=O) groups is 3. The highest BCUT2D eigenvalue weighted by atomic mass is 79.9. The highest BCUT2D eigenvalue weighted by molar-refractivity contribution is 9.10. The summed E-state index contributed by atoms with van der Waals surface area (Å²) in [4.78, 5) is 34.8. The van der Waals surface area contributed by atoms with Gasteiger partial charge in [0.2, 0.25) is 5.91 Å². The number of halogens is 1. The molecule has 0 aliphatic carbocycles. The number of hydrogen-bond donors (Lipinski definition) is 2. The maximum atomic E-state index is 11.6. The minimum atomic E-state index is -0.685. The van der Waals surface area contributed by atoms with Gasteiger partial charge in [0.1, 0.15) is 6.04 Å². The van der Waals surface area contributed by atoms with E-state index in [-0.39, 0.29) is 5.91 Å². The van der Waals surface area contributed by atoms with Gasteiger partial charge < -0.3 is 15.4 Å². The molecule has 2 amide bonds. The number of nitrogens with one attached hydrogen (secondary N) is 2. The van der Waals surface area contributed by atoms with Crippen LogP contribution in [-0.4, -0.2) is 37.0 Å². The quantitative estimate of drug-likeness (QED) is 0.544. The standard InChI is InChI=1S/C17H21BrN2O4/c1-4-19-17(23)12(3)20-15(21)10-24-16(22)8-7-13-6-5-11(2)9-14(13)18/h5-9,12H,4,10H2,1-3H3,(H,19,23)(H,20,21)/b8-7+/t12-/m1/s1. The van der Waals surface area contributed by atoms with E-state index in [1.54, 1.807) is 19.9 Å². The minimum absolute atomic E-state index is 0.290. The van der Waals surface area contributed by atoms with Crippen molar-refractivity contribution in [3.63, 3.8) is 0 Å². The van der Waals surface area contributed by atoms with Gasteiger partial charge in [0.05, 0.1) is 0 Å². The Kier molecular flexibility index (Phi) is 8.18. The highest BCUT2D eigenvalue weighted by Crippen LogP contribution is 2.19. The molecule has 0 saturated carbocycles. The molecule has 0 spiro atoms. The van der Waals surface area contributed by atoms with E-state index in [0.29, 0.717) is 6.54 Å². The van der Waals surface area contributed by atoms with Gasteiger partial charge in [-0.05, 0) is 44.0 Å². The summed E-state index contributed by atoms with van der Waals surface area (Å²) >= 11 is 3.41. The van der Waals surface area contributed by atoms with Crippen LogP contribution < -0.4 is 10.6 Å². The molecule has 6 nitrogen and oxygen atoms in total. The molecule has 0 radical (unpaired) electrons. The maximum Gasteiger partial charge on any atom is 0.331 e. The van der Waals surface area contributed by atoms with Crippen molar-refractivity contribution in [3.8, 4) is 0 Å². The molecule has 0 heterocycles. The second-order valence-corrected chi connectivity index (χ2v) is 6.00. The fourth-order valence-corrected chi connectivity index (χ4v) is 2.41. The van der Waals surface area contributed by atoms with Crippen LogP contribution in [0.5, 0.6) is 0 Å². The first-order valence-corrected chi connectivity index (χ1v) is 8.30. The van der Waals surface area contributed by atoms with E-state index in [2.05, 4.69) is 26.6 Å². The predicted molar refractivity (Wildman–Crippen MR) is 95.2 cm³/mol. The Morgan fingerprint density at radius 1 is 1.33 bits per heavy atom. The molecular formula is C17H21BrN2O4. The van der Waals surface area contributed by atoms with E-state index in [0.717, 1.165) is 15.6 Å². The third-order valence-corrected chi connectivity index (χ3v) is 3.71. The number of benzene rings is 1. The zero-order valence-corrected chi connectivity index (χ0v) is 15.5. The van der Waals surface area contributed by atoms with Crippen LogP contribution >= 0.6 is 15.9 Å². The van der Waals surface area contributed by atoms with Gasteiger partial charge in [-0.2, -0.15) is 0 Å². The summed E-state index contributed by atoms with van der Waals surface area (Å²) in [7, 11) is 0. The van der Waals surface area contributed by atoms with Gasteiger partial charge in [0.25, 0.3) is 5.91 Å². The van der Waals surface area contributed by atoms with Crippen LogP contribution in [-0.2, 0) is 19.1 Å². The van der Waals surface area contributed by atoms with E-state index >= 15 is 0 Å². The molecule has 0 unspecified atom stereocenters. The number of likely N-dealkylation sites (N-methyl/N-ethyl adjacent to an activating group) is 1. The lowest BCUT2D eigenvalue weighted by Crippen LogP contribution is -2.46. The van der Waals surface area contributed by atoms with Crippen molar-refractivity contribution in [2.24, 2.45) is 0 Å². The van der Waals surface area contributed by atoms with Crippen LogP contribution in [0.3, 0.4) is 0 Å². The monoisotopic (exact) mass is 396 g/mol. The van der Waals surface area contributed by atoms with Crippen LogP contribution in [0.2, 0.25) is 0 Å². The molecule has 24 heavy (non-hydrogen) atoms. The number of amides is 2. The van der Waals surface area contributed by atoms with Crippen molar-refractivity contribution < 1.29 is 19.1 Å². The third-order valence-electron chi connectivity index (χ3n) is 3.02. The largest absolute Gasteiger partial charge is 0.452 e. The second-order valence-electron chi connectivity index (χ2n) is 5.15. The zero-order chi connectivity index (χ0) is 18.1. The Bertz CT molecular complexity index is 643. The van der Waals surface area contributed by atoms with Crippen molar-refractivity contribution >= 4 is 39.8 Å². The molecule has 0 aliphatic rings. The van der Waals surface area contributed by atoms with Gasteiger partial charge in [-0.25, -0.2) is 4.79 Å². The summed E-state index contributed by atoms with van der Waals surface area (Å²) in [6.07, 6.45) is 2.84. The Hall–Kier alpha value is -2.15. The van der Waals surface area contributed by atoms with Gasteiger partial charge >= 0.3 is 5.97 Å². The Morgan fingerprint density at radius 2 is 2.04 bits per heavy atom. The van der Waals surface area contributed by atoms with Crippen molar-refractivity contribution in [2.75, 3.05) is 13.2 Å².